The summed E-state index contributed by atoms with van der Waals surface area (Å²) in [5.41, 5.74) is 1.08. The Morgan fingerprint density at radius 3 is 2.38 bits per heavy atom. The highest BCUT2D eigenvalue weighted by Crippen LogP contribution is 2.37. The van der Waals surface area contributed by atoms with Crippen molar-refractivity contribution in [1.82, 2.24) is 14.8 Å². The van der Waals surface area contributed by atoms with Crippen molar-refractivity contribution in [1.29, 1.82) is 0 Å². The van der Waals surface area contributed by atoms with Gasteiger partial charge in [-0.1, -0.05) is 19.9 Å². The number of nitrogens with zero attached hydrogens (tertiary/aromatic N) is 3. The minimum absolute atomic E-state index is 0.209. The van der Waals surface area contributed by atoms with Gasteiger partial charge in [-0.25, -0.2) is 9.67 Å². The van der Waals surface area contributed by atoms with Gasteiger partial charge in [0.15, 0.2) is 17.3 Å². The van der Waals surface area contributed by atoms with Crippen LogP contribution in [0.2, 0.25) is 0 Å². The van der Waals surface area contributed by atoms with E-state index in [4.69, 9.17) is 19.3 Å². The Kier molecular flexibility index (Phi) is 9.54. The number of ether oxygens (including phenoxy) is 3. The molecule has 2 aromatic heterocycles. The van der Waals surface area contributed by atoms with Gasteiger partial charge in [0.1, 0.15) is 0 Å². The van der Waals surface area contributed by atoms with Crippen molar-refractivity contribution in [3.8, 4) is 23.1 Å². The molecule has 3 rings (SSSR count). The van der Waals surface area contributed by atoms with E-state index in [0.717, 1.165) is 36.4 Å². The smallest absolute Gasteiger partial charge is 0.417 e. The van der Waals surface area contributed by atoms with E-state index in [0.29, 0.717) is 43.4 Å². The van der Waals surface area contributed by atoms with Crippen molar-refractivity contribution >= 4 is 5.97 Å². The molecule has 7 nitrogen and oxygen atoms in total. The Balaban J connectivity index is 1.78. The SMILES string of the molecule is CCOc1cccc(OC(C)=O)c1OCCCc1cn(-c2ccc(C(F)(F)F)cn2)nc1C(CC)CC. The van der Waals surface area contributed by atoms with Crippen LogP contribution in [0.25, 0.3) is 5.82 Å². The third kappa shape index (κ3) is 7.24. The van der Waals surface area contributed by atoms with Crippen LogP contribution in [0.4, 0.5) is 13.2 Å². The van der Waals surface area contributed by atoms with Crippen LogP contribution < -0.4 is 14.2 Å². The van der Waals surface area contributed by atoms with Crippen LogP contribution in [0.3, 0.4) is 0 Å². The molecule has 1 aromatic carbocycles. The average Bonchev–Trinajstić information content (AvgIpc) is 3.27. The second-order valence-electron chi connectivity index (χ2n) is 8.46. The maximum Gasteiger partial charge on any atom is 0.417 e. The van der Waals surface area contributed by atoms with Crippen molar-refractivity contribution in [3.05, 3.63) is 59.5 Å². The van der Waals surface area contributed by atoms with Crippen LogP contribution in [0, 0.1) is 0 Å². The molecule has 0 aliphatic heterocycles. The van der Waals surface area contributed by atoms with Gasteiger partial charge in [-0.15, -0.1) is 0 Å². The van der Waals surface area contributed by atoms with Gasteiger partial charge in [-0.05, 0) is 62.4 Å². The predicted octanol–water partition coefficient (Wildman–Crippen LogP) is 6.53. The summed E-state index contributed by atoms with van der Waals surface area (Å²) in [5.74, 6) is 1.21. The normalized spacial score (nSPS) is 11.6. The highest BCUT2D eigenvalue weighted by atomic mass is 19.4. The minimum atomic E-state index is -4.45. The molecule has 0 saturated carbocycles. The first-order valence-corrected chi connectivity index (χ1v) is 12.4. The summed E-state index contributed by atoms with van der Waals surface area (Å²) in [5, 5.41) is 4.69. The van der Waals surface area contributed by atoms with Gasteiger partial charge >= 0.3 is 12.1 Å². The van der Waals surface area contributed by atoms with Crippen LogP contribution in [-0.2, 0) is 17.4 Å². The van der Waals surface area contributed by atoms with Crippen molar-refractivity contribution in [2.45, 2.75) is 65.5 Å². The van der Waals surface area contributed by atoms with Gasteiger partial charge in [0, 0.05) is 25.2 Å². The van der Waals surface area contributed by atoms with E-state index in [-0.39, 0.29) is 11.7 Å². The third-order valence-electron chi connectivity index (χ3n) is 5.84. The van der Waals surface area contributed by atoms with Crippen LogP contribution in [0.5, 0.6) is 17.2 Å². The minimum Gasteiger partial charge on any atom is -0.490 e. The summed E-state index contributed by atoms with van der Waals surface area (Å²) in [4.78, 5) is 15.5. The molecule has 0 spiro atoms. The fraction of sp³-hybridized carbons (Fsp3) is 0.444. The molecule has 0 amide bonds. The van der Waals surface area contributed by atoms with Crippen molar-refractivity contribution in [2.24, 2.45) is 0 Å². The molecule has 0 saturated heterocycles. The molecule has 0 aliphatic carbocycles. The number of hydrogen-bond acceptors (Lipinski definition) is 6. The number of aryl methyl sites for hydroxylation is 1. The first-order valence-electron chi connectivity index (χ1n) is 12.4. The van der Waals surface area contributed by atoms with Gasteiger partial charge in [-0.3, -0.25) is 4.79 Å². The lowest BCUT2D eigenvalue weighted by molar-refractivity contribution is -0.138. The molecular formula is C27H32F3N3O4. The van der Waals surface area contributed by atoms with E-state index in [1.807, 2.05) is 13.1 Å². The number of rotatable bonds is 12. The van der Waals surface area contributed by atoms with Gasteiger partial charge in [0.2, 0.25) is 5.75 Å². The largest absolute Gasteiger partial charge is 0.490 e. The monoisotopic (exact) mass is 519 g/mol. The highest BCUT2D eigenvalue weighted by molar-refractivity contribution is 5.71. The Morgan fingerprint density at radius 2 is 1.78 bits per heavy atom. The summed E-state index contributed by atoms with van der Waals surface area (Å²) in [6.07, 6.45) is 1.21. The lowest BCUT2D eigenvalue weighted by atomic mass is 9.95. The van der Waals surface area contributed by atoms with Crippen molar-refractivity contribution in [2.75, 3.05) is 13.2 Å². The van der Waals surface area contributed by atoms with Gasteiger partial charge < -0.3 is 14.2 Å². The summed E-state index contributed by atoms with van der Waals surface area (Å²) in [7, 11) is 0. The van der Waals surface area contributed by atoms with Crippen LogP contribution >= 0.6 is 0 Å². The second kappa shape index (κ2) is 12.6. The maximum absolute atomic E-state index is 12.9. The second-order valence-corrected chi connectivity index (χ2v) is 8.46. The number of carbonyl (C=O) groups is 1. The summed E-state index contributed by atoms with van der Waals surface area (Å²) >= 11 is 0. The van der Waals surface area contributed by atoms with Gasteiger partial charge in [-0.2, -0.15) is 18.3 Å². The number of hydrogen-bond donors (Lipinski definition) is 0. The summed E-state index contributed by atoms with van der Waals surface area (Å²) < 4.78 is 57.2. The molecule has 200 valence electrons. The van der Waals surface area contributed by atoms with E-state index in [1.165, 1.54) is 17.7 Å². The Bertz CT molecular complexity index is 1170. The zero-order valence-electron chi connectivity index (χ0n) is 21.5. The highest BCUT2D eigenvalue weighted by Gasteiger charge is 2.30. The molecular weight excluding hydrogens is 487 g/mol. The molecule has 0 radical (unpaired) electrons. The average molecular weight is 520 g/mol. The van der Waals surface area contributed by atoms with Crippen LogP contribution in [-0.4, -0.2) is 33.9 Å². The van der Waals surface area contributed by atoms with E-state index in [2.05, 4.69) is 18.8 Å². The molecule has 0 fully saturated rings. The molecule has 0 aliphatic rings. The van der Waals surface area contributed by atoms with E-state index >= 15 is 0 Å². The summed E-state index contributed by atoms with van der Waals surface area (Å²) in [6.45, 7) is 8.08. The number of halogens is 3. The van der Waals surface area contributed by atoms with Gasteiger partial charge in [0.25, 0.3) is 0 Å². The standard InChI is InChI=1S/C27H32F3N3O4/c1-5-19(6-2)25-20(17-33(32-25)24-14-13-21(16-31-24)27(28,29)30)10-9-15-36-26-22(35-7-3)11-8-12-23(26)37-18(4)34/h8,11-14,16-17,19H,5-7,9-10,15H2,1-4H3. The van der Waals surface area contributed by atoms with Crippen molar-refractivity contribution in [3.63, 3.8) is 0 Å². The first kappa shape index (κ1) is 28.0. The fourth-order valence-corrected chi connectivity index (χ4v) is 4.02. The number of para-hydroxylation sites is 1. The molecule has 37 heavy (non-hydrogen) atoms. The van der Waals surface area contributed by atoms with Gasteiger partial charge in [0.05, 0.1) is 24.5 Å². The number of benzene rings is 1. The molecule has 0 unspecified atom stereocenters. The lowest BCUT2D eigenvalue weighted by Crippen LogP contribution is -2.08. The van der Waals surface area contributed by atoms with Crippen molar-refractivity contribution < 1.29 is 32.2 Å². The predicted molar refractivity (Wildman–Crippen MR) is 132 cm³/mol. The summed E-state index contributed by atoms with van der Waals surface area (Å²) in [6, 6.07) is 7.44. The Hall–Kier alpha value is -3.56. The molecule has 0 bridgehead atoms. The maximum atomic E-state index is 12.9. The number of pyridine rings is 1. The Morgan fingerprint density at radius 1 is 1.05 bits per heavy atom. The molecule has 10 heteroatoms. The molecule has 2 heterocycles. The first-order chi connectivity index (χ1) is 17.7. The zero-order chi connectivity index (χ0) is 27.0. The fourth-order valence-electron chi connectivity index (χ4n) is 4.02. The number of esters is 1. The quantitative estimate of drug-likeness (QED) is 0.154. The van der Waals surface area contributed by atoms with E-state index < -0.39 is 17.7 Å². The molecule has 3 aromatic rings. The van der Waals surface area contributed by atoms with Crippen LogP contribution in [0.15, 0.2) is 42.7 Å². The number of aromatic nitrogens is 3. The number of carbonyl (C=O) groups excluding carboxylic acids is 1. The van der Waals surface area contributed by atoms with Crippen LogP contribution in [0.1, 0.15) is 69.7 Å². The van der Waals surface area contributed by atoms with E-state index in [1.54, 1.807) is 18.2 Å². The third-order valence-corrected chi connectivity index (χ3v) is 5.84. The number of alkyl halides is 3. The lowest BCUT2D eigenvalue weighted by Gasteiger charge is -2.15. The van der Waals surface area contributed by atoms with E-state index in [9.17, 15) is 18.0 Å². The zero-order valence-corrected chi connectivity index (χ0v) is 21.5. The molecule has 0 N–H and O–H groups in total. The molecule has 0 atom stereocenters. The Labute approximate surface area is 214 Å². The topological polar surface area (TPSA) is 75.5 Å².